The molecule has 0 saturated heterocycles. The van der Waals surface area contributed by atoms with Crippen LogP contribution >= 0.6 is 0 Å². The monoisotopic (exact) mass is 495 g/mol. The third-order valence-corrected chi connectivity index (χ3v) is 6.54. The van der Waals surface area contributed by atoms with Crippen LogP contribution in [-0.2, 0) is 0 Å². The van der Waals surface area contributed by atoms with E-state index in [4.69, 9.17) is 9.47 Å². The Hall–Kier alpha value is -4.26. The maximum atomic E-state index is 5.93. The molecule has 0 bridgehead atoms. The van der Waals surface area contributed by atoms with Crippen LogP contribution in [-0.4, -0.2) is 33.5 Å². The Morgan fingerprint density at radius 1 is 1.03 bits per heavy atom. The van der Waals surface area contributed by atoms with Crippen molar-refractivity contribution in [2.75, 3.05) is 19.0 Å². The number of H-pyrrole nitrogens is 1. The Kier molecular flexibility index (Phi) is 6.61. The van der Waals surface area contributed by atoms with Gasteiger partial charge in [-0.2, -0.15) is 5.10 Å². The Balaban J connectivity index is 1.51. The van der Waals surface area contributed by atoms with Gasteiger partial charge in [0.05, 0.1) is 13.7 Å². The average Bonchev–Trinajstić information content (AvgIpc) is 3.51. The van der Waals surface area contributed by atoms with Crippen molar-refractivity contribution in [3.63, 3.8) is 0 Å². The molecule has 7 heteroatoms. The van der Waals surface area contributed by atoms with Crippen molar-refractivity contribution in [2.45, 2.75) is 40.5 Å². The molecular weight excluding hydrogens is 462 g/mol. The van der Waals surface area contributed by atoms with Crippen LogP contribution < -0.4 is 14.8 Å². The average molecular weight is 496 g/mol. The quantitative estimate of drug-likeness (QED) is 0.236. The molecule has 0 amide bonds. The molecule has 3 aromatic carbocycles. The van der Waals surface area contributed by atoms with Crippen molar-refractivity contribution >= 4 is 22.3 Å². The molecule has 0 fully saturated rings. The molecule has 0 aliphatic rings. The summed E-state index contributed by atoms with van der Waals surface area (Å²) in [5.74, 6) is 2.75. The van der Waals surface area contributed by atoms with Gasteiger partial charge in [0.25, 0.3) is 0 Å². The number of aromatic amines is 1. The number of aryl methyl sites for hydroxylation is 2. The number of nitrogens with zero attached hydrogens (tertiary/aromatic N) is 3. The highest BCUT2D eigenvalue weighted by Crippen LogP contribution is 2.37. The molecule has 0 aliphatic carbocycles. The van der Waals surface area contributed by atoms with E-state index in [9.17, 15) is 0 Å². The van der Waals surface area contributed by atoms with Crippen LogP contribution in [0.15, 0.2) is 60.9 Å². The summed E-state index contributed by atoms with van der Waals surface area (Å²) in [5.41, 5.74) is 8.51. The first-order valence-corrected chi connectivity index (χ1v) is 12.6. The molecule has 0 unspecified atom stereocenters. The first-order chi connectivity index (χ1) is 17.9. The lowest BCUT2D eigenvalue weighted by Crippen LogP contribution is -2.00. The van der Waals surface area contributed by atoms with Crippen molar-refractivity contribution < 1.29 is 9.47 Å². The number of ether oxygens (including phenoxy) is 2. The van der Waals surface area contributed by atoms with E-state index < -0.39 is 0 Å². The standard InChI is InChI=1S/C30H33N5O2/c1-7-37-29-13-19(4)23(15-22(29)18(2)3)27-16-24-25(9-8-10-26(24)33-27)32-21-11-12-28(30(14-21)36-6)35-17-31-20(5)34-35/h8-18,32-33H,7H2,1-6H3. The van der Waals surface area contributed by atoms with Gasteiger partial charge in [0.2, 0.25) is 0 Å². The van der Waals surface area contributed by atoms with Gasteiger partial charge in [-0.25, -0.2) is 9.67 Å². The van der Waals surface area contributed by atoms with Gasteiger partial charge in [-0.1, -0.05) is 19.9 Å². The molecule has 0 saturated carbocycles. The molecule has 5 rings (SSSR count). The summed E-state index contributed by atoms with van der Waals surface area (Å²) in [5, 5.41) is 9.10. The number of nitrogens with one attached hydrogen (secondary N) is 2. The molecular formula is C30H33N5O2. The minimum absolute atomic E-state index is 0.363. The van der Waals surface area contributed by atoms with Crippen molar-refractivity contribution in [3.8, 4) is 28.4 Å². The maximum Gasteiger partial charge on any atom is 0.147 e. The predicted octanol–water partition coefficient (Wildman–Crippen LogP) is 7.31. The number of methoxy groups -OCH3 is 1. The van der Waals surface area contributed by atoms with E-state index >= 15 is 0 Å². The fourth-order valence-corrected chi connectivity index (χ4v) is 4.69. The van der Waals surface area contributed by atoms with Gasteiger partial charge in [0.1, 0.15) is 29.3 Å². The van der Waals surface area contributed by atoms with Crippen LogP contribution in [0.4, 0.5) is 11.4 Å². The third-order valence-electron chi connectivity index (χ3n) is 6.54. The van der Waals surface area contributed by atoms with Gasteiger partial charge in [0, 0.05) is 39.6 Å². The number of anilines is 2. The molecule has 190 valence electrons. The molecule has 2 heterocycles. The van der Waals surface area contributed by atoms with E-state index in [2.05, 4.69) is 77.6 Å². The Bertz CT molecular complexity index is 1560. The van der Waals surface area contributed by atoms with E-state index in [0.29, 0.717) is 24.1 Å². The number of aromatic nitrogens is 4. The Morgan fingerprint density at radius 3 is 2.57 bits per heavy atom. The van der Waals surface area contributed by atoms with E-state index in [1.54, 1.807) is 18.1 Å². The lowest BCUT2D eigenvalue weighted by Gasteiger charge is -2.16. The van der Waals surface area contributed by atoms with Crippen LogP contribution in [0.1, 0.15) is 43.6 Å². The zero-order chi connectivity index (χ0) is 26.1. The lowest BCUT2D eigenvalue weighted by atomic mass is 9.95. The summed E-state index contributed by atoms with van der Waals surface area (Å²) < 4.78 is 13.3. The minimum atomic E-state index is 0.363. The molecule has 7 nitrogen and oxygen atoms in total. The molecule has 0 spiro atoms. The highest BCUT2D eigenvalue weighted by atomic mass is 16.5. The zero-order valence-electron chi connectivity index (χ0n) is 22.2. The van der Waals surface area contributed by atoms with Crippen LogP contribution in [0.3, 0.4) is 0 Å². The van der Waals surface area contributed by atoms with Crippen LogP contribution in [0.25, 0.3) is 27.8 Å². The van der Waals surface area contributed by atoms with E-state index in [-0.39, 0.29) is 0 Å². The molecule has 2 aromatic heterocycles. The highest BCUT2D eigenvalue weighted by molar-refractivity contribution is 5.97. The van der Waals surface area contributed by atoms with Gasteiger partial charge in [-0.3, -0.25) is 0 Å². The smallest absolute Gasteiger partial charge is 0.147 e. The minimum Gasteiger partial charge on any atom is -0.494 e. The summed E-state index contributed by atoms with van der Waals surface area (Å²) in [6.45, 7) is 11.1. The van der Waals surface area contributed by atoms with Gasteiger partial charge < -0.3 is 19.8 Å². The molecule has 2 N–H and O–H groups in total. The van der Waals surface area contributed by atoms with Gasteiger partial charge in [0.15, 0.2) is 0 Å². The first kappa shape index (κ1) is 24.4. The first-order valence-electron chi connectivity index (χ1n) is 12.6. The Morgan fingerprint density at radius 2 is 1.86 bits per heavy atom. The molecule has 0 radical (unpaired) electrons. The second-order valence-corrected chi connectivity index (χ2v) is 9.49. The summed E-state index contributed by atoms with van der Waals surface area (Å²) in [6, 6.07) is 18.9. The van der Waals surface area contributed by atoms with Gasteiger partial charge >= 0.3 is 0 Å². The number of fused-ring (bicyclic) bond motifs is 1. The topological polar surface area (TPSA) is 77.0 Å². The van der Waals surface area contributed by atoms with Gasteiger partial charge in [-0.15, -0.1) is 0 Å². The van der Waals surface area contributed by atoms with Crippen molar-refractivity contribution in [2.24, 2.45) is 0 Å². The number of rotatable bonds is 8. The molecule has 0 atom stereocenters. The van der Waals surface area contributed by atoms with E-state index in [1.807, 2.05) is 32.0 Å². The third kappa shape index (κ3) is 4.77. The second-order valence-electron chi connectivity index (χ2n) is 9.49. The van der Waals surface area contributed by atoms with E-state index in [1.165, 1.54) is 16.7 Å². The zero-order valence-corrected chi connectivity index (χ0v) is 22.2. The van der Waals surface area contributed by atoms with Crippen LogP contribution in [0, 0.1) is 13.8 Å². The van der Waals surface area contributed by atoms with Crippen LogP contribution in [0.2, 0.25) is 0 Å². The highest BCUT2D eigenvalue weighted by Gasteiger charge is 2.16. The SMILES string of the molecule is CCOc1cc(C)c(-c2cc3c(Nc4ccc(-n5cnc(C)n5)c(OC)c4)cccc3[nH]2)cc1C(C)C. The van der Waals surface area contributed by atoms with Crippen molar-refractivity contribution in [1.82, 2.24) is 19.7 Å². The Labute approximate surface area is 217 Å². The van der Waals surface area contributed by atoms with Crippen molar-refractivity contribution in [3.05, 3.63) is 77.9 Å². The summed E-state index contributed by atoms with van der Waals surface area (Å²) in [6.07, 6.45) is 1.69. The normalized spacial score (nSPS) is 11.3. The fourth-order valence-electron chi connectivity index (χ4n) is 4.69. The maximum absolute atomic E-state index is 5.93. The fraction of sp³-hybridized carbons (Fsp3) is 0.267. The summed E-state index contributed by atoms with van der Waals surface area (Å²) in [4.78, 5) is 7.85. The van der Waals surface area contributed by atoms with Crippen molar-refractivity contribution in [1.29, 1.82) is 0 Å². The van der Waals surface area contributed by atoms with Gasteiger partial charge in [-0.05, 0) is 80.3 Å². The second kappa shape index (κ2) is 10.0. The summed E-state index contributed by atoms with van der Waals surface area (Å²) in [7, 11) is 1.66. The molecule has 37 heavy (non-hydrogen) atoms. The lowest BCUT2D eigenvalue weighted by molar-refractivity contribution is 0.335. The van der Waals surface area contributed by atoms with E-state index in [0.717, 1.165) is 39.4 Å². The number of benzene rings is 3. The summed E-state index contributed by atoms with van der Waals surface area (Å²) >= 11 is 0. The molecule has 0 aliphatic heterocycles. The number of hydrogen-bond donors (Lipinski definition) is 2. The predicted molar refractivity (Wildman–Crippen MR) is 150 cm³/mol. The van der Waals surface area contributed by atoms with Crippen LogP contribution in [0.5, 0.6) is 11.5 Å². The largest absolute Gasteiger partial charge is 0.494 e. The number of hydrogen-bond acceptors (Lipinski definition) is 5. The molecule has 5 aromatic rings.